The molecule has 19 heavy (non-hydrogen) atoms. The lowest BCUT2D eigenvalue weighted by Crippen LogP contribution is -2.02. The minimum absolute atomic E-state index is 0.317. The molecule has 3 rings (SSSR count). The first kappa shape index (κ1) is 12.3. The van der Waals surface area contributed by atoms with Gasteiger partial charge in [0.1, 0.15) is 5.15 Å². The van der Waals surface area contributed by atoms with E-state index in [2.05, 4.69) is 15.3 Å². The summed E-state index contributed by atoms with van der Waals surface area (Å²) in [5.74, 6) is 0.857. The average Bonchev–Trinajstić information content (AvgIpc) is 3.07. The van der Waals surface area contributed by atoms with Crippen molar-refractivity contribution in [2.24, 2.45) is 0 Å². The minimum Gasteiger partial charge on any atom is -0.298 e. The number of rotatable bonds is 3. The fourth-order valence-corrected chi connectivity index (χ4v) is 2.86. The van der Waals surface area contributed by atoms with Crippen LogP contribution in [0.15, 0.2) is 18.3 Å². The van der Waals surface area contributed by atoms with E-state index >= 15 is 0 Å². The Morgan fingerprint density at radius 1 is 1.37 bits per heavy atom. The number of aldehydes is 1. The average molecular weight is 277 g/mol. The lowest BCUT2D eigenvalue weighted by atomic mass is 10.0. The molecule has 1 aliphatic rings. The van der Waals surface area contributed by atoms with Crippen LogP contribution in [-0.2, 0) is 0 Å². The molecule has 0 unspecified atom stereocenters. The van der Waals surface area contributed by atoms with Crippen molar-refractivity contribution in [2.45, 2.75) is 31.6 Å². The van der Waals surface area contributed by atoms with Crippen molar-refractivity contribution in [3.63, 3.8) is 0 Å². The van der Waals surface area contributed by atoms with Crippen LogP contribution >= 0.6 is 11.6 Å². The van der Waals surface area contributed by atoms with Crippen molar-refractivity contribution in [1.29, 1.82) is 0 Å². The highest BCUT2D eigenvalue weighted by molar-refractivity contribution is 6.32. The number of nitrogens with zero attached hydrogens (tertiary/aromatic N) is 4. The zero-order chi connectivity index (χ0) is 13.2. The van der Waals surface area contributed by atoms with Crippen LogP contribution in [0.5, 0.6) is 0 Å². The van der Waals surface area contributed by atoms with Crippen molar-refractivity contribution in [3.05, 3.63) is 34.7 Å². The topological polar surface area (TPSA) is 60.7 Å². The highest BCUT2D eigenvalue weighted by Gasteiger charge is 2.26. The second-order valence-corrected chi connectivity index (χ2v) is 5.04. The van der Waals surface area contributed by atoms with Crippen LogP contribution in [0.4, 0.5) is 0 Å². The van der Waals surface area contributed by atoms with Gasteiger partial charge in [0.2, 0.25) is 0 Å². The fraction of sp³-hybridized carbons (Fsp3) is 0.385. The molecule has 5 nitrogen and oxygen atoms in total. The number of carbonyl (C=O) groups excluding carboxylic acids is 1. The van der Waals surface area contributed by atoms with E-state index in [1.165, 1.54) is 17.5 Å². The van der Waals surface area contributed by atoms with E-state index in [0.29, 0.717) is 22.5 Å². The van der Waals surface area contributed by atoms with Gasteiger partial charge in [-0.25, -0.2) is 4.68 Å². The first-order chi connectivity index (χ1) is 9.31. The Hall–Kier alpha value is -1.75. The Morgan fingerprint density at radius 2 is 2.16 bits per heavy atom. The summed E-state index contributed by atoms with van der Waals surface area (Å²) in [6.07, 6.45) is 6.86. The van der Waals surface area contributed by atoms with E-state index < -0.39 is 0 Å². The van der Waals surface area contributed by atoms with Crippen molar-refractivity contribution in [3.8, 4) is 5.82 Å². The Balaban J connectivity index is 2.09. The summed E-state index contributed by atoms with van der Waals surface area (Å²) >= 11 is 6.24. The minimum atomic E-state index is 0.317. The van der Waals surface area contributed by atoms with Gasteiger partial charge < -0.3 is 0 Å². The van der Waals surface area contributed by atoms with Crippen molar-refractivity contribution < 1.29 is 4.79 Å². The van der Waals surface area contributed by atoms with Gasteiger partial charge in [-0.05, 0) is 25.0 Å². The zero-order valence-electron chi connectivity index (χ0n) is 10.3. The van der Waals surface area contributed by atoms with Gasteiger partial charge in [-0.2, -0.15) is 10.2 Å². The SMILES string of the molecule is O=Cc1c(C2CCCC2)nn(-c2cccnn2)c1Cl. The largest absolute Gasteiger partial charge is 0.298 e. The smallest absolute Gasteiger partial charge is 0.177 e. The highest BCUT2D eigenvalue weighted by atomic mass is 35.5. The predicted octanol–water partition coefficient (Wildman–Crippen LogP) is 2.79. The van der Waals surface area contributed by atoms with E-state index in [9.17, 15) is 4.79 Å². The lowest BCUT2D eigenvalue weighted by Gasteiger charge is -2.04. The maximum atomic E-state index is 11.3. The third-order valence-electron chi connectivity index (χ3n) is 3.53. The van der Waals surface area contributed by atoms with E-state index in [0.717, 1.165) is 24.8 Å². The van der Waals surface area contributed by atoms with Crippen LogP contribution in [0, 0.1) is 0 Å². The second kappa shape index (κ2) is 5.09. The van der Waals surface area contributed by atoms with E-state index in [-0.39, 0.29) is 0 Å². The maximum Gasteiger partial charge on any atom is 0.177 e. The zero-order valence-corrected chi connectivity index (χ0v) is 11.0. The number of aromatic nitrogens is 4. The Kier molecular flexibility index (Phi) is 3.29. The lowest BCUT2D eigenvalue weighted by molar-refractivity contribution is 0.112. The molecule has 0 amide bonds. The molecule has 1 fully saturated rings. The van der Waals surface area contributed by atoms with Gasteiger partial charge in [0.05, 0.1) is 11.3 Å². The van der Waals surface area contributed by atoms with Crippen LogP contribution in [0.3, 0.4) is 0 Å². The number of hydrogen-bond donors (Lipinski definition) is 0. The molecule has 0 bridgehead atoms. The molecule has 0 spiro atoms. The maximum absolute atomic E-state index is 11.3. The predicted molar refractivity (Wildman–Crippen MR) is 70.8 cm³/mol. The summed E-state index contributed by atoms with van der Waals surface area (Å²) in [6, 6.07) is 3.52. The molecule has 0 N–H and O–H groups in total. The quantitative estimate of drug-likeness (QED) is 0.809. The van der Waals surface area contributed by atoms with Crippen LogP contribution in [0.25, 0.3) is 5.82 Å². The van der Waals surface area contributed by atoms with Gasteiger partial charge in [0.15, 0.2) is 12.1 Å². The van der Waals surface area contributed by atoms with Gasteiger partial charge in [0.25, 0.3) is 0 Å². The summed E-state index contributed by atoms with van der Waals surface area (Å²) in [4.78, 5) is 11.3. The van der Waals surface area contributed by atoms with Gasteiger partial charge in [-0.15, -0.1) is 5.10 Å². The van der Waals surface area contributed by atoms with E-state index in [1.54, 1.807) is 18.3 Å². The van der Waals surface area contributed by atoms with Crippen LogP contribution < -0.4 is 0 Å². The van der Waals surface area contributed by atoms with Crippen molar-refractivity contribution >= 4 is 17.9 Å². The summed E-state index contributed by atoms with van der Waals surface area (Å²) in [5.41, 5.74) is 1.28. The molecular weight excluding hydrogens is 264 g/mol. The Morgan fingerprint density at radius 3 is 2.79 bits per heavy atom. The highest BCUT2D eigenvalue weighted by Crippen LogP contribution is 2.37. The van der Waals surface area contributed by atoms with Gasteiger partial charge in [0, 0.05) is 12.1 Å². The second-order valence-electron chi connectivity index (χ2n) is 4.68. The van der Waals surface area contributed by atoms with Gasteiger partial charge >= 0.3 is 0 Å². The van der Waals surface area contributed by atoms with E-state index in [4.69, 9.17) is 11.6 Å². The summed E-state index contributed by atoms with van der Waals surface area (Å²) < 4.78 is 1.49. The third kappa shape index (κ3) is 2.14. The van der Waals surface area contributed by atoms with Crippen molar-refractivity contribution in [1.82, 2.24) is 20.0 Å². The molecule has 0 radical (unpaired) electrons. The molecule has 1 aliphatic carbocycles. The summed E-state index contributed by atoms with van der Waals surface area (Å²) in [7, 11) is 0. The molecule has 2 heterocycles. The Bertz CT molecular complexity index is 590. The van der Waals surface area contributed by atoms with Gasteiger partial charge in [-0.3, -0.25) is 4.79 Å². The first-order valence-electron chi connectivity index (χ1n) is 6.33. The van der Waals surface area contributed by atoms with Gasteiger partial charge in [-0.1, -0.05) is 24.4 Å². The summed E-state index contributed by atoms with van der Waals surface area (Å²) in [5, 5.41) is 12.6. The fourth-order valence-electron chi connectivity index (χ4n) is 2.59. The van der Waals surface area contributed by atoms with E-state index in [1.807, 2.05) is 0 Å². The molecule has 2 aromatic rings. The molecule has 0 atom stereocenters. The third-order valence-corrected chi connectivity index (χ3v) is 3.89. The number of halogens is 1. The summed E-state index contributed by atoms with van der Waals surface area (Å²) in [6.45, 7) is 0. The molecule has 6 heteroatoms. The number of hydrogen-bond acceptors (Lipinski definition) is 4. The number of carbonyl (C=O) groups is 1. The van der Waals surface area contributed by atoms with Crippen LogP contribution in [0.1, 0.15) is 47.7 Å². The molecule has 0 saturated heterocycles. The van der Waals surface area contributed by atoms with Crippen LogP contribution in [0.2, 0.25) is 5.15 Å². The molecule has 0 aliphatic heterocycles. The monoisotopic (exact) mass is 276 g/mol. The molecule has 0 aromatic carbocycles. The molecule has 98 valence electrons. The van der Waals surface area contributed by atoms with Crippen molar-refractivity contribution in [2.75, 3.05) is 0 Å². The first-order valence-corrected chi connectivity index (χ1v) is 6.70. The standard InChI is InChI=1S/C13H13ClN4O/c14-13-10(8-19)12(9-4-1-2-5-9)17-18(13)11-6-3-7-15-16-11/h3,6-9H,1-2,4-5H2. The molecule has 1 saturated carbocycles. The molecule has 2 aromatic heterocycles. The molecular formula is C13H13ClN4O. The normalized spacial score (nSPS) is 15.8. The van der Waals surface area contributed by atoms with Crippen LogP contribution in [-0.4, -0.2) is 26.3 Å². The Labute approximate surface area is 115 Å².